The number of rotatable bonds is 5. The number of anilines is 1. The summed E-state index contributed by atoms with van der Waals surface area (Å²) in [7, 11) is 0. The molecule has 2 amide bonds. The molecule has 1 aliphatic heterocycles. The molecule has 1 atom stereocenters. The van der Waals surface area contributed by atoms with Crippen LogP contribution < -0.4 is 4.90 Å². The Morgan fingerprint density at radius 3 is 2.43 bits per heavy atom. The van der Waals surface area contributed by atoms with Gasteiger partial charge >= 0.3 is 5.97 Å². The van der Waals surface area contributed by atoms with Crippen LogP contribution in [0.4, 0.5) is 5.69 Å². The first-order valence-corrected chi connectivity index (χ1v) is 6.81. The van der Waals surface area contributed by atoms with Crippen molar-refractivity contribution in [1.82, 2.24) is 4.90 Å². The van der Waals surface area contributed by atoms with Crippen LogP contribution in [0.1, 0.15) is 20.3 Å². The average molecular weight is 290 g/mol. The summed E-state index contributed by atoms with van der Waals surface area (Å²) in [5.41, 5.74) is 0.622. The van der Waals surface area contributed by atoms with Gasteiger partial charge in [-0.15, -0.1) is 0 Å². The lowest BCUT2D eigenvalue weighted by atomic mass is 10.1. The van der Waals surface area contributed by atoms with Gasteiger partial charge in [0.05, 0.1) is 6.42 Å². The maximum Gasteiger partial charge on any atom is 0.323 e. The van der Waals surface area contributed by atoms with E-state index in [1.807, 2.05) is 6.07 Å². The molecule has 6 nitrogen and oxygen atoms in total. The van der Waals surface area contributed by atoms with Crippen molar-refractivity contribution in [1.29, 1.82) is 0 Å². The number of para-hydroxylation sites is 1. The molecule has 0 aromatic heterocycles. The number of likely N-dealkylation sites (tertiary alicyclic amines) is 1. The summed E-state index contributed by atoms with van der Waals surface area (Å²) in [5.74, 6) is -1.63. The van der Waals surface area contributed by atoms with Gasteiger partial charge in [0.2, 0.25) is 5.91 Å². The van der Waals surface area contributed by atoms with Crippen LogP contribution in [0.2, 0.25) is 0 Å². The molecule has 21 heavy (non-hydrogen) atoms. The van der Waals surface area contributed by atoms with E-state index in [4.69, 9.17) is 5.11 Å². The Bertz CT molecular complexity index is 556. The minimum absolute atomic E-state index is 0.0131. The van der Waals surface area contributed by atoms with Gasteiger partial charge in [-0.05, 0) is 26.0 Å². The van der Waals surface area contributed by atoms with Crippen LogP contribution >= 0.6 is 0 Å². The Morgan fingerprint density at radius 2 is 1.95 bits per heavy atom. The summed E-state index contributed by atoms with van der Waals surface area (Å²) in [6.45, 7) is 3.21. The third-order valence-corrected chi connectivity index (χ3v) is 3.45. The highest BCUT2D eigenvalue weighted by Gasteiger charge is 2.43. The van der Waals surface area contributed by atoms with E-state index in [1.54, 1.807) is 38.1 Å². The molecule has 112 valence electrons. The van der Waals surface area contributed by atoms with Crippen molar-refractivity contribution in [3.63, 3.8) is 0 Å². The number of imide groups is 1. The smallest absolute Gasteiger partial charge is 0.323 e. The average Bonchev–Trinajstić information content (AvgIpc) is 2.72. The van der Waals surface area contributed by atoms with E-state index in [1.165, 1.54) is 9.80 Å². The molecule has 1 heterocycles. The van der Waals surface area contributed by atoms with Crippen molar-refractivity contribution in [3.05, 3.63) is 30.3 Å². The van der Waals surface area contributed by atoms with Gasteiger partial charge in [-0.1, -0.05) is 18.2 Å². The summed E-state index contributed by atoms with van der Waals surface area (Å²) in [4.78, 5) is 38.2. The Balaban J connectivity index is 2.32. The largest absolute Gasteiger partial charge is 0.480 e. The van der Waals surface area contributed by atoms with Crippen LogP contribution in [0.25, 0.3) is 0 Å². The Kier molecular flexibility index (Phi) is 4.26. The Hall–Kier alpha value is -2.37. The van der Waals surface area contributed by atoms with Crippen LogP contribution in [0.3, 0.4) is 0 Å². The van der Waals surface area contributed by atoms with Crippen LogP contribution in [-0.4, -0.2) is 46.4 Å². The van der Waals surface area contributed by atoms with Crippen LogP contribution in [0.15, 0.2) is 30.3 Å². The summed E-state index contributed by atoms with van der Waals surface area (Å²) in [6, 6.07) is 7.84. The summed E-state index contributed by atoms with van der Waals surface area (Å²) in [6.07, 6.45) is 0.0131. The quantitative estimate of drug-likeness (QED) is 0.822. The second-order valence-corrected chi connectivity index (χ2v) is 5.27. The first-order valence-electron chi connectivity index (χ1n) is 6.81. The van der Waals surface area contributed by atoms with E-state index in [0.717, 1.165) is 0 Å². The highest BCUT2D eigenvalue weighted by molar-refractivity contribution is 6.07. The van der Waals surface area contributed by atoms with Crippen LogP contribution in [0, 0.1) is 0 Å². The molecule has 0 radical (unpaired) electrons. The number of amides is 2. The summed E-state index contributed by atoms with van der Waals surface area (Å²) >= 11 is 0. The van der Waals surface area contributed by atoms with E-state index in [0.29, 0.717) is 5.69 Å². The van der Waals surface area contributed by atoms with Crippen molar-refractivity contribution in [2.45, 2.75) is 32.4 Å². The number of nitrogens with zero attached hydrogens (tertiary/aromatic N) is 2. The molecular formula is C15H18N2O4. The fourth-order valence-corrected chi connectivity index (χ4v) is 2.57. The fourth-order valence-electron chi connectivity index (χ4n) is 2.57. The van der Waals surface area contributed by atoms with E-state index in [2.05, 4.69) is 0 Å². The van der Waals surface area contributed by atoms with Gasteiger partial charge in [-0.25, -0.2) is 0 Å². The summed E-state index contributed by atoms with van der Waals surface area (Å²) < 4.78 is 0. The van der Waals surface area contributed by atoms with E-state index in [9.17, 15) is 14.4 Å². The van der Waals surface area contributed by atoms with E-state index in [-0.39, 0.29) is 30.8 Å². The van der Waals surface area contributed by atoms with Gasteiger partial charge in [-0.3, -0.25) is 19.3 Å². The number of carboxylic acid groups (broad SMARTS) is 1. The zero-order valence-electron chi connectivity index (χ0n) is 12.0. The van der Waals surface area contributed by atoms with Gasteiger partial charge in [0.25, 0.3) is 5.91 Å². The maximum absolute atomic E-state index is 12.4. The number of hydrogen-bond acceptors (Lipinski definition) is 4. The molecule has 1 fully saturated rings. The molecular weight excluding hydrogens is 272 g/mol. The number of carbonyl (C=O) groups excluding carboxylic acids is 2. The molecule has 1 aromatic rings. The fraction of sp³-hybridized carbons (Fsp3) is 0.400. The Morgan fingerprint density at radius 1 is 1.33 bits per heavy atom. The maximum atomic E-state index is 12.4. The van der Waals surface area contributed by atoms with Gasteiger partial charge in [0.15, 0.2) is 0 Å². The highest BCUT2D eigenvalue weighted by Crippen LogP contribution is 2.25. The minimum Gasteiger partial charge on any atom is -0.480 e. The van der Waals surface area contributed by atoms with Crippen molar-refractivity contribution < 1.29 is 19.5 Å². The molecule has 1 N–H and O–H groups in total. The van der Waals surface area contributed by atoms with Crippen molar-refractivity contribution >= 4 is 23.5 Å². The second-order valence-electron chi connectivity index (χ2n) is 5.27. The first kappa shape index (κ1) is 15.0. The predicted octanol–water partition coefficient (Wildman–Crippen LogP) is 1.11. The molecule has 0 aliphatic carbocycles. The lowest BCUT2D eigenvalue weighted by Gasteiger charge is -2.28. The SMILES string of the molecule is CC(C)N1C(=O)CC(N(CC(=O)O)c2ccccc2)C1=O. The van der Waals surface area contributed by atoms with Crippen LogP contribution in [-0.2, 0) is 14.4 Å². The number of benzene rings is 1. The number of aliphatic carboxylic acids is 1. The lowest BCUT2D eigenvalue weighted by molar-refractivity contribution is -0.140. The zero-order valence-corrected chi connectivity index (χ0v) is 12.0. The molecule has 1 aliphatic rings. The molecule has 6 heteroatoms. The second kappa shape index (κ2) is 5.95. The zero-order chi connectivity index (χ0) is 15.6. The normalized spacial score (nSPS) is 18.4. The van der Waals surface area contributed by atoms with Crippen molar-refractivity contribution in [2.75, 3.05) is 11.4 Å². The van der Waals surface area contributed by atoms with E-state index >= 15 is 0 Å². The monoisotopic (exact) mass is 290 g/mol. The number of hydrogen-bond donors (Lipinski definition) is 1. The predicted molar refractivity (Wildman–Crippen MR) is 76.8 cm³/mol. The van der Waals surface area contributed by atoms with Gasteiger partial charge in [0.1, 0.15) is 12.6 Å². The minimum atomic E-state index is -1.04. The van der Waals surface area contributed by atoms with Gasteiger partial charge in [-0.2, -0.15) is 0 Å². The molecule has 0 saturated carbocycles. The first-order chi connectivity index (χ1) is 9.91. The molecule has 0 bridgehead atoms. The Labute approximate surface area is 123 Å². The lowest BCUT2D eigenvalue weighted by Crippen LogP contribution is -2.46. The molecule has 1 aromatic carbocycles. The van der Waals surface area contributed by atoms with Crippen molar-refractivity contribution in [3.8, 4) is 0 Å². The molecule has 1 saturated heterocycles. The third kappa shape index (κ3) is 3.04. The van der Waals surface area contributed by atoms with Gasteiger partial charge < -0.3 is 10.0 Å². The number of carboxylic acids is 1. The topological polar surface area (TPSA) is 77.9 Å². The van der Waals surface area contributed by atoms with Gasteiger partial charge in [0, 0.05) is 11.7 Å². The molecule has 0 spiro atoms. The van der Waals surface area contributed by atoms with Crippen LogP contribution in [0.5, 0.6) is 0 Å². The summed E-state index contributed by atoms with van der Waals surface area (Å²) in [5, 5.41) is 9.08. The molecule has 2 rings (SSSR count). The van der Waals surface area contributed by atoms with E-state index < -0.39 is 12.0 Å². The highest BCUT2D eigenvalue weighted by atomic mass is 16.4. The number of carbonyl (C=O) groups is 3. The van der Waals surface area contributed by atoms with Crippen molar-refractivity contribution in [2.24, 2.45) is 0 Å². The third-order valence-electron chi connectivity index (χ3n) is 3.45. The molecule has 1 unspecified atom stereocenters. The standard InChI is InChI=1S/C15H18N2O4/c1-10(2)17-13(18)8-12(15(17)21)16(9-14(19)20)11-6-4-3-5-7-11/h3-7,10,12H,8-9H2,1-2H3,(H,19,20).